The van der Waals surface area contributed by atoms with Crippen molar-refractivity contribution in [1.29, 1.82) is 0 Å². The Kier molecular flexibility index (Phi) is 25.8. The van der Waals surface area contributed by atoms with Crippen LogP contribution in [0.2, 0.25) is 0 Å². The third-order valence-electron chi connectivity index (χ3n) is 13.8. The van der Waals surface area contributed by atoms with Crippen LogP contribution in [0.15, 0.2) is 170 Å². The van der Waals surface area contributed by atoms with Crippen LogP contribution in [-0.2, 0) is 22.7 Å². The largest absolute Gasteiger partial charge is 2.00 e. The van der Waals surface area contributed by atoms with E-state index < -0.39 is 60.8 Å². The average molecular weight is 1170 g/mol. The van der Waals surface area contributed by atoms with Crippen LogP contribution in [0, 0.1) is 11.6 Å². The molecule has 0 spiro atoms. The molecular weight excluding hydrogens is 1100 g/mol. The van der Waals surface area contributed by atoms with Crippen molar-refractivity contribution in [3.05, 3.63) is 204 Å². The van der Waals surface area contributed by atoms with Crippen molar-refractivity contribution >= 4 is 72.9 Å². The van der Waals surface area contributed by atoms with E-state index in [0.29, 0.717) is 56.1 Å². The number of aromatic nitrogens is 2. The van der Waals surface area contributed by atoms with Crippen molar-refractivity contribution < 1.29 is 58.6 Å². The summed E-state index contributed by atoms with van der Waals surface area (Å²) < 4.78 is 32.0. The Bertz CT molecular complexity index is 3170. The number of amides is 2. The fourth-order valence-electron chi connectivity index (χ4n) is 10.4. The van der Waals surface area contributed by atoms with E-state index >= 15 is 0 Å². The number of benzene rings is 6. The molecule has 8 aromatic rings. The normalized spacial score (nSPS) is 12.4. The first kappa shape index (κ1) is 67.5. The summed E-state index contributed by atoms with van der Waals surface area (Å²) in [6.45, 7) is 8.45. The summed E-state index contributed by atoms with van der Waals surface area (Å²) in [5.41, 5.74) is 9.43. The number of carbonyl (C=O) groups is 4. The van der Waals surface area contributed by atoms with E-state index in [0.717, 1.165) is 22.5 Å². The number of carbonyl (C=O) groups excluding carboxylic acids is 4. The molecule has 6 N–H and O–H groups in total. The second-order valence-electron chi connectivity index (χ2n) is 20.8. The topological polar surface area (TPSA) is 229 Å². The van der Waals surface area contributed by atoms with Crippen LogP contribution in [0.1, 0.15) is 118 Å². The SMILES string of the molecule is C.CC(C)c1c(C(=O)Nc2ccccc2)c(-c2ccccc2)c(-c2ccc(F)cc2)n1CC[C@@H](O)C[C@@H](O)CC(=O)[O-].CC(C)c1c(C(=O)Nc2ccccc2)c(-c2ccccc2)c(-c2ccc(F)cc2)n1CC[C@@H](O)C[C@@H](O)CC(=O)[O-].[Ca+2]. The predicted octanol–water partition coefficient (Wildman–Crippen LogP) is 10.2. The van der Waals surface area contributed by atoms with Gasteiger partial charge in [0, 0.05) is 71.8 Å². The number of hydrogen-bond donors (Lipinski definition) is 6. The molecule has 0 aliphatic heterocycles. The van der Waals surface area contributed by atoms with Gasteiger partial charge in [0.1, 0.15) is 11.6 Å². The van der Waals surface area contributed by atoms with Crippen LogP contribution < -0.4 is 20.8 Å². The van der Waals surface area contributed by atoms with Gasteiger partial charge in [0.2, 0.25) is 0 Å². The molecule has 0 fully saturated rings. The summed E-state index contributed by atoms with van der Waals surface area (Å²) in [6, 6.07) is 49.4. The van der Waals surface area contributed by atoms with Gasteiger partial charge in [-0.15, -0.1) is 0 Å². The summed E-state index contributed by atoms with van der Waals surface area (Å²) in [6.07, 6.45) is -5.54. The van der Waals surface area contributed by atoms with E-state index in [1.807, 2.05) is 134 Å². The summed E-state index contributed by atoms with van der Waals surface area (Å²) >= 11 is 0. The smallest absolute Gasteiger partial charge is 0.550 e. The van der Waals surface area contributed by atoms with E-state index in [9.17, 15) is 58.6 Å². The molecule has 0 saturated carbocycles. The number of anilines is 2. The number of carboxylic acids is 2. The van der Waals surface area contributed by atoms with Gasteiger partial charge in [-0.1, -0.05) is 132 Å². The number of nitrogens with zero attached hydrogens (tertiary/aromatic N) is 2. The Morgan fingerprint density at radius 1 is 0.452 bits per heavy atom. The van der Waals surface area contributed by atoms with Gasteiger partial charge in [-0.2, -0.15) is 0 Å². The molecule has 14 nitrogen and oxygen atoms in total. The fraction of sp³-hybridized carbons (Fsp3) is 0.284. The molecule has 6 aromatic carbocycles. The Hall–Kier alpha value is -7.28. The number of aliphatic hydroxyl groups excluding tert-OH is 4. The van der Waals surface area contributed by atoms with E-state index in [1.165, 1.54) is 24.3 Å². The van der Waals surface area contributed by atoms with Gasteiger partial charge in [-0.05, 0) is 133 Å². The summed E-state index contributed by atoms with van der Waals surface area (Å²) in [5.74, 6) is -4.41. The maximum Gasteiger partial charge on any atom is 2.00 e. The monoisotopic (exact) mass is 1170 g/mol. The molecule has 84 heavy (non-hydrogen) atoms. The first-order valence-electron chi connectivity index (χ1n) is 27.3. The van der Waals surface area contributed by atoms with Crippen molar-refractivity contribution in [1.82, 2.24) is 9.13 Å². The van der Waals surface area contributed by atoms with Gasteiger partial charge < -0.3 is 60.0 Å². The standard InChI is InChI=1S/2C33H35FN2O5.CH4.Ca/c2*1-21(2)31-30(33(41)35-25-11-7-4-8-12-25)29(22-9-5-3-6-10-22)32(23-13-15-24(34)16-14-23)36(31)18-17-26(37)19-27(38)20-28(39)40;;/h2*3-16,21,26-27,37-38H,17-20H2,1-2H3,(H,35,41)(H,39,40);1H4;/q;;;+2/p-2/t2*26-,27-;;/m11../s1. The van der Waals surface area contributed by atoms with Crippen LogP contribution in [0.3, 0.4) is 0 Å². The van der Waals surface area contributed by atoms with Gasteiger partial charge in [-0.3, -0.25) is 9.59 Å². The van der Waals surface area contributed by atoms with Gasteiger partial charge in [0.05, 0.1) is 46.9 Å². The third-order valence-corrected chi connectivity index (χ3v) is 13.8. The van der Waals surface area contributed by atoms with Crippen molar-refractivity contribution in [2.45, 2.75) is 123 Å². The van der Waals surface area contributed by atoms with Crippen molar-refractivity contribution in [3.63, 3.8) is 0 Å². The van der Waals surface area contributed by atoms with Crippen molar-refractivity contribution in [2.75, 3.05) is 10.6 Å². The van der Waals surface area contributed by atoms with Crippen LogP contribution in [0.4, 0.5) is 20.2 Å². The van der Waals surface area contributed by atoms with Gasteiger partial charge >= 0.3 is 37.7 Å². The molecule has 2 amide bonds. The zero-order chi connectivity index (χ0) is 59.0. The number of aliphatic hydroxyl groups is 4. The van der Waals surface area contributed by atoms with E-state index in [4.69, 9.17) is 0 Å². The van der Waals surface area contributed by atoms with Crippen LogP contribution in [0.5, 0.6) is 0 Å². The molecule has 436 valence electrons. The minimum Gasteiger partial charge on any atom is -0.550 e. The fourth-order valence-corrected chi connectivity index (χ4v) is 10.4. The maximum atomic E-state index is 14.0. The maximum absolute atomic E-state index is 14.0. The number of para-hydroxylation sites is 2. The molecule has 0 aliphatic rings. The number of nitrogens with one attached hydrogen (secondary N) is 2. The van der Waals surface area contributed by atoms with Crippen molar-refractivity contribution in [3.8, 4) is 44.8 Å². The minimum atomic E-state index is -1.39. The van der Waals surface area contributed by atoms with Gasteiger partial charge in [-0.25, -0.2) is 8.78 Å². The van der Waals surface area contributed by atoms with E-state index in [-0.39, 0.29) is 108 Å². The average Bonchev–Trinajstić information content (AvgIpc) is 2.41. The molecular formula is C67H72CaF2N4O10. The molecule has 0 unspecified atom stereocenters. The second kappa shape index (κ2) is 32.1. The van der Waals surface area contributed by atoms with Crippen LogP contribution >= 0.6 is 0 Å². The summed E-state index contributed by atoms with van der Waals surface area (Å²) in [4.78, 5) is 49.8. The van der Waals surface area contributed by atoms with E-state index in [1.54, 1.807) is 48.5 Å². The molecule has 0 aliphatic carbocycles. The molecule has 17 heteroatoms. The molecule has 2 aromatic heterocycles. The number of carboxylic acid groups (broad SMARTS) is 2. The van der Waals surface area contributed by atoms with Crippen LogP contribution in [-0.4, -0.2) is 115 Å². The molecule has 0 saturated heterocycles. The summed E-state index contributed by atoms with van der Waals surface area (Å²) in [5, 5.41) is 69.2. The number of halogens is 2. The predicted molar refractivity (Wildman–Crippen MR) is 322 cm³/mol. The molecule has 0 radical (unpaired) electrons. The molecule has 8 rings (SSSR count). The summed E-state index contributed by atoms with van der Waals surface area (Å²) in [7, 11) is 0. The second-order valence-corrected chi connectivity index (χ2v) is 20.8. The number of aliphatic carboxylic acids is 2. The Morgan fingerprint density at radius 2 is 0.750 bits per heavy atom. The molecule has 0 bridgehead atoms. The number of rotatable bonds is 24. The van der Waals surface area contributed by atoms with Gasteiger partial charge in [0.15, 0.2) is 0 Å². The first-order chi connectivity index (χ1) is 39.3. The zero-order valence-electron chi connectivity index (χ0n) is 46.9. The third kappa shape index (κ3) is 17.9. The number of hydrogen-bond acceptors (Lipinski definition) is 10. The van der Waals surface area contributed by atoms with Gasteiger partial charge in [0.25, 0.3) is 11.8 Å². The molecule has 4 atom stereocenters. The first-order valence-corrected chi connectivity index (χ1v) is 27.3. The zero-order valence-corrected chi connectivity index (χ0v) is 49.1. The Labute approximate surface area is 519 Å². The molecule has 2 heterocycles. The quantitative estimate of drug-likeness (QED) is 0.0314. The van der Waals surface area contributed by atoms with Crippen molar-refractivity contribution in [2.24, 2.45) is 0 Å². The Balaban J connectivity index is 0.000000300. The minimum absolute atomic E-state index is 0. The van der Waals surface area contributed by atoms with Crippen LogP contribution in [0.25, 0.3) is 44.8 Å². The Morgan fingerprint density at radius 3 is 1.04 bits per heavy atom. The van der Waals surface area contributed by atoms with E-state index in [2.05, 4.69) is 10.6 Å².